The van der Waals surface area contributed by atoms with E-state index in [1.165, 1.54) is 36.4 Å². The predicted molar refractivity (Wildman–Crippen MR) is 197 cm³/mol. The van der Waals surface area contributed by atoms with Crippen molar-refractivity contribution in [3.8, 4) is 5.75 Å². The number of rotatable bonds is 22. The van der Waals surface area contributed by atoms with Crippen LogP contribution in [0.1, 0.15) is 73.1 Å². The number of anilines is 1. The van der Waals surface area contributed by atoms with E-state index >= 15 is 0 Å². The van der Waals surface area contributed by atoms with E-state index < -0.39 is 20.7 Å². The van der Waals surface area contributed by atoms with Crippen LogP contribution in [0, 0.1) is 31.1 Å². The maximum atomic E-state index is 13.2. The molecule has 3 aromatic rings. The van der Waals surface area contributed by atoms with Gasteiger partial charge in [0.1, 0.15) is 12.4 Å². The lowest BCUT2D eigenvalue weighted by Gasteiger charge is -2.34. The monoisotopic (exact) mass is 719 g/mol. The van der Waals surface area contributed by atoms with Crippen LogP contribution in [-0.2, 0) is 19.1 Å². The van der Waals surface area contributed by atoms with E-state index in [1.54, 1.807) is 26.0 Å². The van der Waals surface area contributed by atoms with Crippen LogP contribution in [0.2, 0.25) is 0 Å². The minimum Gasteiger partial charge on any atom is -0.494 e. The third-order valence-electron chi connectivity index (χ3n) is 8.78. The smallest absolute Gasteiger partial charge is 0.311 e. The van der Waals surface area contributed by atoms with E-state index in [0.717, 1.165) is 24.9 Å². The topological polar surface area (TPSA) is 176 Å². The minimum atomic E-state index is -0.916. The van der Waals surface area contributed by atoms with Gasteiger partial charge in [0.15, 0.2) is 0 Å². The van der Waals surface area contributed by atoms with Crippen LogP contribution in [0.25, 0.3) is 0 Å². The van der Waals surface area contributed by atoms with Gasteiger partial charge in [-0.2, -0.15) is 10.2 Å². The number of azo groups is 1. The maximum Gasteiger partial charge on any atom is 0.311 e. The zero-order chi connectivity index (χ0) is 38.1. The fourth-order valence-electron chi connectivity index (χ4n) is 5.54. The lowest BCUT2D eigenvalue weighted by molar-refractivity contribution is -0.385. The number of hydrogen-bond donors (Lipinski definition) is 0. The number of carbonyl (C=O) groups excluding carboxylic acids is 2. The Hall–Kier alpha value is -5.40. The normalized spacial score (nSPS) is 12.6. The van der Waals surface area contributed by atoms with E-state index in [9.17, 15) is 29.8 Å². The Kier molecular flexibility index (Phi) is 15.7. The Balaban J connectivity index is 1.38. The first-order valence-electron chi connectivity index (χ1n) is 17.5. The molecule has 0 aromatic heterocycles. The van der Waals surface area contributed by atoms with Crippen molar-refractivity contribution in [3.63, 3.8) is 0 Å². The molecule has 0 heterocycles. The summed E-state index contributed by atoms with van der Waals surface area (Å²) in [4.78, 5) is 49.1. The molecule has 280 valence electrons. The first-order chi connectivity index (χ1) is 24.8. The molecular weight excluding hydrogens is 670 g/mol. The highest BCUT2D eigenvalue weighted by Crippen LogP contribution is 2.38. The zero-order valence-corrected chi connectivity index (χ0v) is 30.6. The van der Waals surface area contributed by atoms with E-state index in [1.807, 2.05) is 45.0 Å². The molecule has 0 bridgehead atoms. The van der Waals surface area contributed by atoms with Crippen LogP contribution >= 0.6 is 0 Å². The molecule has 0 saturated carbocycles. The number of non-ortho nitro benzene ring substituents is 2. The number of nitro benzene ring substituents is 2. The highest BCUT2D eigenvalue weighted by atomic mass is 16.6. The summed E-state index contributed by atoms with van der Waals surface area (Å²) in [6.45, 7) is 11.4. The number of likely N-dealkylation sites (N-methyl/N-ethyl adjacent to an activating group) is 1. The molecule has 3 rings (SSSR count). The molecule has 1 unspecified atom stereocenters. The van der Waals surface area contributed by atoms with Gasteiger partial charge in [0, 0.05) is 36.5 Å². The first-order valence-corrected chi connectivity index (χ1v) is 17.5. The van der Waals surface area contributed by atoms with Gasteiger partial charge in [-0.25, -0.2) is 0 Å². The number of nitrogens with zero attached hydrogens (tertiary/aromatic N) is 5. The standard InChI is InChI=1S/C38H49N5O9/c1-6-38(5,36(45)51-26-11-9-8-10-25-50-34-22-20-33(21-23-34)43(48)49)28-37(3,4)35(44)52-27-24-41(7-2)31-16-12-29(13-17-31)39-40-30-14-18-32(19-15-30)42(46)47/h12-23H,6-11,24-28H2,1-5H3. The van der Waals surface area contributed by atoms with Gasteiger partial charge in [-0.1, -0.05) is 6.92 Å². The molecule has 0 aliphatic heterocycles. The molecule has 0 radical (unpaired) electrons. The Bertz CT molecular complexity index is 1640. The summed E-state index contributed by atoms with van der Waals surface area (Å²) in [5.74, 6) is -0.125. The molecule has 0 aliphatic carbocycles. The lowest BCUT2D eigenvalue weighted by Crippen LogP contribution is -2.39. The van der Waals surface area contributed by atoms with Crippen molar-refractivity contribution in [2.45, 2.75) is 73.1 Å². The number of benzene rings is 3. The first kappa shape index (κ1) is 41.0. The molecule has 0 saturated heterocycles. The van der Waals surface area contributed by atoms with Crippen LogP contribution in [0.4, 0.5) is 28.4 Å². The van der Waals surface area contributed by atoms with Crippen LogP contribution < -0.4 is 9.64 Å². The number of carbonyl (C=O) groups is 2. The van der Waals surface area contributed by atoms with Crippen molar-refractivity contribution < 1.29 is 33.6 Å². The van der Waals surface area contributed by atoms with Crippen molar-refractivity contribution in [3.05, 3.63) is 93.0 Å². The molecule has 14 heteroatoms. The van der Waals surface area contributed by atoms with Crippen molar-refractivity contribution in [1.82, 2.24) is 0 Å². The number of ether oxygens (including phenoxy) is 3. The molecule has 0 N–H and O–H groups in total. The predicted octanol–water partition coefficient (Wildman–Crippen LogP) is 9.30. The van der Waals surface area contributed by atoms with E-state index in [4.69, 9.17) is 14.2 Å². The molecule has 0 amide bonds. The van der Waals surface area contributed by atoms with Gasteiger partial charge in [-0.05, 0) is 115 Å². The molecule has 3 aromatic carbocycles. The molecule has 0 fully saturated rings. The summed E-state index contributed by atoms with van der Waals surface area (Å²) in [6.07, 6.45) is 4.03. The summed E-state index contributed by atoms with van der Waals surface area (Å²) >= 11 is 0. The second-order valence-corrected chi connectivity index (χ2v) is 13.3. The maximum absolute atomic E-state index is 13.2. The Morgan fingerprint density at radius 3 is 1.71 bits per heavy atom. The van der Waals surface area contributed by atoms with Crippen LogP contribution in [0.15, 0.2) is 83.0 Å². The van der Waals surface area contributed by atoms with Gasteiger partial charge in [-0.15, -0.1) is 0 Å². The minimum absolute atomic E-state index is 0.0136. The molecular formula is C38H49N5O9. The molecule has 1 atom stereocenters. The van der Waals surface area contributed by atoms with Crippen LogP contribution in [-0.4, -0.2) is 54.7 Å². The third kappa shape index (κ3) is 12.7. The van der Waals surface area contributed by atoms with Crippen LogP contribution in [0.3, 0.4) is 0 Å². The molecule has 52 heavy (non-hydrogen) atoms. The fraction of sp³-hybridized carbons (Fsp3) is 0.474. The summed E-state index contributed by atoms with van der Waals surface area (Å²) in [7, 11) is 0. The second kappa shape index (κ2) is 19.8. The van der Waals surface area contributed by atoms with Crippen molar-refractivity contribution in [2.24, 2.45) is 21.1 Å². The third-order valence-corrected chi connectivity index (χ3v) is 8.78. The van der Waals surface area contributed by atoms with E-state index in [2.05, 4.69) is 15.1 Å². The van der Waals surface area contributed by atoms with E-state index in [0.29, 0.717) is 56.3 Å². The summed E-state index contributed by atoms with van der Waals surface area (Å²) in [6, 6.07) is 19.2. The van der Waals surface area contributed by atoms with Crippen LogP contribution in [0.5, 0.6) is 5.75 Å². The molecule has 14 nitrogen and oxygen atoms in total. The number of unbranched alkanes of at least 4 members (excludes halogenated alkanes) is 3. The summed E-state index contributed by atoms with van der Waals surface area (Å²) in [5.41, 5.74) is 0.276. The van der Waals surface area contributed by atoms with Gasteiger partial charge >= 0.3 is 11.9 Å². The summed E-state index contributed by atoms with van der Waals surface area (Å²) < 4.78 is 17.0. The van der Waals surface area contributed by atoms with E-state index in [-0.39, 0.29) is 36.3 Å². The van der Waals surface area contributed by atoms with Gasteiger partial charge in [0.2, 0.25) is 0 Å². The Morgan fingerprint density at radius 2 is 1.19 bits per heavy atom. The highest BCUT2D eigenvalue weighted by molar-refractivity contribution is 5.80. The fourth-order valence-corrected chi connectivity index (χ4v) is 5.54. The van der Waals surface area contributed by atoms with Gasteiger partial charge in [-0.3, -0.25) is 29.8 Å². The average Bonchev–Trinajstić information content (AvgIpc) is 3.13. The van der Waals surface area contributed by atoms with Crippen molar-refractivity contribution >= 4 is 40.4 Å². The molecule has 0 aliphatic rings. The second-order valence-electron chi connectivity index (χ2n) is 13.3. The Morgan fingerprint density at radius 1 is 0.692 bits per heavy atom. The largest absolute Gasteiger partial charge is 0.494 e. The number of hydrogen-bond acceptors (Lipinski definition) is 12. The molecule has 0 spiro atoms. The van der Waals surface area contributed by atoms with Gasteiger partial charge in [0.25, 0.3) is 11.4 Å². The van der Waals surface area contributed by atoms with Crippen molar-refractivity contribution in [2.75, 3.05) is 37.8 Å². The number of nitro groups is 2. The van der Waals surface area contributed by atoms with Gasteiger partial charge in [0.05, 0.1) is 51.8 Å². The van der Waals surface area contributed by atoms with Gasteiger partial charge < -0.3 is 19.1 Å². The Labute approximate surface area is 304 Å². The SMILES string of the molecule is CCN(CCOC(=O)C(C)(C)CC(C)(CC)C(=O)OCCCCCCOc1ccc([N+](=O)[O-])cc1)c1ccc(N=Nc2ccc([N+](=O)[O-])cc2)cc1. The quantitative estimate of drug-likeness (QED) is 0.0320. The number of esters is 2. The lowest BCUT2D eigenvalue weighted by atomic mass is 9.72. The van der Waals surface area contributed by atoms with Crippen molar-refractivity contribution in [1.29, 1.82) is 0 Å². The highest BCUT2D eigenvalue weighted by Gasteiger charge is 2.43. The zero-order valence-electron chi connectivity index (χ0n) is 30.6. The average molecular weight is 720 g/mol. The summed E-state index contributed by atoms with van der Waals surface area (Å²) in [5, 5.41) is 29.9.